The number of benzene rings is 1. The van der Waals surface area contributed by atoms with Crippen LogP contribution in [0, 0.1) is 0 Å². The summed E-state index contributed by atoms with van der Waals surface area (Å²) in [6.07, 6.45) is -0.186. The maximum atomic E-state index is 12.7. The normalized spacial score (nSPS) is 16.1. The van der Waals surface area contributed by atoms with Gasteiger partial charge in [0.1, 0.15) is 17.0 Å². The van der Waals surface area contributed by atoms with E-state index < -0.39 is 17.6 Å². The highest BCUT2D eigenvalue weighted by atomic mass is 19.4. The third-order valence-corrected chi connectivity index (χ3v) is 4.61. The molecule has 0 unspecified atom stereocenters. The molecule has 1 saturated carbocycles. The lowest BCUT2D eigenvalue weighted by molar-refractivity contribution is -0.137. The van der Waals surface area contributed by atoms with Crippen LogP contribution in [0.1, 0.15) is 24.0 Å². The maximum Gasteiger partial charge on any atom is 0.421 e. The van der Waals surface area contributed by atoms with Crippen molar-refractivity contribution in [1.82, 2.24) is 9.97 Å². The molecule has 0 saturated heterocycles. The Hall–Kier alpha value is -2.77. The molecule has 2 aromatic heterocycles. The van der Waals surface area contributed by atoms with Gasteiger partial charge in [-0.1, -0.05) is 18.2 Å². The predicted octanol–water partition coefficient (Wildman–Crippen LogP) is 3.97. The van der Waals surface area contributed by atoms with E-state index in [0.29, 0.717) is 12.7 Å². The van der Waals surface area contributed by atoms with E-state index in [0.717, 1.165) is 29.4 Å². The number of fused-ring (bicyclic) bond motifs is 1. The van der Waals surface area contributed by atoms with E-state index in [-0.39, 0.29) is 11.4 Å². The first-order chi connectivity index (χ1) is 11.9. The van der Waals surface area contributed by atoms with Gasteiger partial charge in [0.2, 0.25) is 5.95 Å². The number of nitrogens with one attached hydrogen (secondary N) is 1. The molecule has 1 fully saturated rings. The Labute approximate surface area is 141 Å². The van der Waals surface area contributed by atoms with Crippen LogP contribution < -0.4 is 11.1 Å². The third kappa shape index (κ3) is 2.77. The van der Waals surface area contributed by atoms with E-state index in [9.17, 15) is 13.2 Å². The molecule has 0 aliphatic heterocycles. The number of halogens is 3. The molecule has 0 amide bonds. The molecule has 0 atom stereocenters. The summed E-state index contributed by atoms with van der Waals surface area (Å²) in [4.78, 5) is 7.46. The number of rotatable bonds is 4. The Balaban J connectivity index is 1.54. The lowest BCUT2D eigenvalue weighted by Crippen LogP contribution is -2.21. The topological polar surface area (TPSA) is 77.0 Å². The van der Waals surface area contributed by atoms with Crippen molar-refractivity contribution >= 4 is 22.7 Å². The molecule has 1 aromatic carbocycles. The van der Waals surface area contributed by atoms with E-state index >= 15 is 0 Å². The van der Waals surface area contributed by atoms with Crippen LogP contribution in [0.25, 0.3) is 11.0 Å². The fourth-order valence-electron chi connectivity index (χ4n) is 3.03. The Kier molecular flexibility index (Phi) is 3.38. The molecule has 0 radical (unpaired) electrons. The van der Waals surface area contributed by atoms with E-state index in [1.807, 2.05) is 24.3 Å². The molecule has 3 aromatic rings. The number of nitrogen functional groups attached to an aromatic ring is 1. The first kappa shape index (κ1) is 15.7. The van der Waals surface area contributed by atoms with Crippen LogP contribution in [0.15, 0.2) is 41.1 Å². The molecule has 2 heterocycles. The third-order valence-electron chi connectivity index (χ3n) is 4.61. The molecular weight excluding hydrogens is 333 g/mol. The number of hydrogen-bond donors (Lipinski definition) is 2. The van der Waals surface area contributed by atoms with Gasteiger partial charge in [0.15, 0.2) is 0 Å². The minimum absolute atomic E-state index is 0.0876. The summed E-state index contributed by atoms with van der Waals surface area (Å²) >= 11 is 0. The summed E-state index contributed by atoms with van der Waals surface area (Å²) in [5, 5.41) is 4.06. The van der Waals surface area contributed by atoms with Crippen molar-refractivity contribution in [1.29, 1.82) is 0 Å². The fraction of sp³-hybridized carbons (Fsp3) is 0.294. The van der Waals surface area contributed by atoms with Crippen LogP contribution in [0.4, 0.5) is 24.9 Å². The number of hydrogen-bond acceptors (Lipinski definition) is 5. The minimum atomic E-state index is -4.56. The van der Waals surface area contributed by atoms with Gasteiger partial charge in [-0.2, -0.15) is 18.2 Å². The van der Waals surface area contributed by atoms with Gasteiger partial charge in [-0.15, -0.1) is 0 Å². The second-order valence-corrected chi connectivity index (χ2v) is 6.27. The second-order valence-electron chi connectivity index (χ2n) is 6.27. The first-order valence-corrected chi connectivity index (χ1v) is 7.79. The fourth-order valence-corrected chi connectivity index (χ4v) is 3.03. The van der Waals surface area contributed by atoms with Crippen molar-refractivity contribution in [3.05, 3.63) is 47.9 Å². The smallest absolute Gasteiger partial charge is 0.421 e. The van der Waals surface area contributed by atoms with Crippen molar-refractivity contribution in [2.75, 3.05) is 17.6 Å². The molecule has 1 aliphatic carbocycles. The number of furan rings is 1. The van der Waals surface area contributed by atoms with Gasteiger partial charge in [0.05, 0.1) is 6.26 Å². The number of alkyl halides is 3. The number of para-hydroxylation sites is 1. The Morgan fingerprint density at radius 3 is 2.68 bits per heavy atom. The lowest BCUT2D eigenvalue weighted by Gasteiger charge is -2.16. The highest BCUT2D eigenvalue weighted by Crippen LogP contribution is 2.50. The molecule has 130 valence electrons. The molecule has 5 nitrogen and oxygen atoms in total. The van der Waals surface area contributed by atoms with Gasteiger partial charge in [-0.25, -0.2) is 4.98 Å². The molecule has 25 heavy (non-hydrogen) atoms. The van der Waals surface area contributed by atoms with Crippen molar-refractivity contribution in [3.63, 3.8) is 0 Å². The van der Waals surface area contributed by atoms with Crippen LogP contribution in [0.2, 0.25) is 0 Å². The summed E-state index contributed by atoms with van der Waals surface area (Å²) in [7, 11) is 0. The summed E-state index contributed by atoms with van der Waals surface area (Å²) in [5.74, 6) is -0.492. The van der Waals surface area contributed by atoms with Crippen molar-refractivity contribution in [2.45, 2.75) is 24.4 Å². The van der Waals surface area contributed by atoms with Crippen molar-refractivity contribution < 1.29 is 17.6 Å². The summed E-state index contributed by atoms with van der Waals surface area (Å²) in [6.45, 7) is 0.501. The molecule has 8 heteroatoms. The molecular formula is C17H15F3N4O. The number of nitrogens with zero attached hydrogens (tertiary/aromatic N) is 2. The Bertz CT molecular complexity index is 931. The van der Waals surface area contributed by atoms with Crippen molar-refractivity contribution in [2.24, 2.45) is 0 Å². The van der Waals surface area contributed by atoms with Crippen LogP contribution in [0.3, 0.4) is 0 Å². The predicted molar refractivity (Wildman–Crippen MR) is 87.1 cm³/mol. The second kappa shape index (κ2) is 5.37. The molecule has 4 rings (SSSR count). The largest absolute Gasteiger partial charge is 0.464 e. The SMILES string of the molecule is Nc1nc(NCC2(c3coc4ccccc34)CC2)ncc1C(F)(F)F. The van der Waals surface area contributed by atoms with E-state index in [2.05, 4.69) is 15.3 Å². The lowest BCUT2D eigenvalue weighted by atomic mass is 9.95. The molecule has 3 N–H and O–H groups in total. The zero-order valence-electron chi connectivity index (χ0n) is 13.1. The van der Waals surface area contributed by atoms with Gasteiger partial charge in [-0.05, 0) is 18.9 Å². The van der Waals surface area contributed by atoms with Crippen molar-refractivity contribution in [3.8, 4) is 0 Å². The summed E-state index contributed by atoms with van der Waals surface area (Å²) in [6, 6.07) is 7.76. The standard InChI is InChI=1S/C17H15F3N4O/c18-17(19,20)11-7-22-15(24-14(11)21)23-9-16(5-6-16)12-8-25-13-4-2-1-3-10(12)13/h1-4,7-8H,5-6,9H2,(H3,21,22,23,24). The van der Waals surface area contributed by atoms with Crippen LogP contribution in [0.5, 0.6) is 0 Å². The number of nitrogens with two attached hydrogens (primary N) is 1. The Morgan fingerprint density at radius 2 is 2.00 bits per heavy atom. The van der Waals surface area contributed by atoms with Gasteiger partial charge in [0, 0.05) is 29.1 Å². The molecule has 0 bridgehead atoms. The van der Waals surface area contributed by atoms with E-state index in [4.69, 9.17) is 10.2 Å². The number of anilines is 2. The summed E-state index contributed by atoms with van der Waals surface area (Å²) in [5.41, 5.74) is 6.17. The first-order valence-electron chi connectivity index (χ1n) is 7.79. The average molecular weight is 348 g/mol. The summed E-state index contributed by atoms with van der Waals surface area (Å²) < 4.78 is 43.7. The van der Waals surface area contributed by atoms with E-state index in [1.165, 1.54) is 0 Å². The monoisotopic (exact) mass is 348 g/mol. The zero-order chi connectivity index (χ0) is 17.7. The zero-order valence-corrected chi connectivity index (χ0v) is 13.1. The Morgan fingerprint density at radius 1 is 1.24 bits per heavy atom. The highest BCUT2D eigenvalue weighted by Gasteiger charge is 2.46. The molecule has 0 spiro atoms. The molecule has 1 aliphatic rings. The number of aromatic nitrogens is 2. The van der Waals surface area contributed by atoms with Crippen LogP contribution in [-0.2, 0) is 11.6 Å². The maximum absolute atomic E-state index is 12.7. The average Bonchev–Trinajstić information content (AvgIpc) is 3.22. The van der Waals surface area contributed by atoms with E-state index in [1.54, 1.807) is 6.26 Å². The van der Waals surface area contributed by atoms with Gasteiger partial charge < -0.3 is 15.5 Å². The van der Waals surface area contributed by atoms with Gasteiger partial charge in [-0.3, -0.25) is 0 Å². The van der Waals surface area contributed by atoms with Crippen LogP contribution in [-0.4, -0.2) is 16.5 Å². The van der Waals surface area contributed by atoms with Gasteiger partial charge >= 0.3 is 6.18 Å². The minimum Gasteiger partial charge on any atom is -0.464 e. The van der Waals surface area contributed by atoms with Gasteiger partial charge in [0.25, 0.3) is 0 Å². The highest BCUT2D eigenvalue weighted by molar-refractivity contribution is 5.82. The van der Waals surface area contributed by atoms with Crippen LogP contribution >= 0.6 is 0 Å². The quantitative estimate of drug-likeness (QED) is 0.746.